The standard InChI is InChI=1S/C28H29ClFN7O3/c1-4-23(40)35-10-11-36(16(2)14-35)27(31-3)18-12-19(29)26(24-20(30)6-5-7-22(24)39)33-28(18)37(15-38)21-13-32-34-25(21)17-8-9-17/h4-7,12-13,15-17,39H,1,8-11,14H2,2-3H3,(H,32,34). The molecule has 1 aliphatic carbocycles. The molecule has 12 heteroatoms. The third-order valence-electron chi connectivity index (χ3n) is 7.25. The molecule has 0 bridgehead atoms. The summed E-state index contributed by atoms with van der Waals surface area (Å²) in [6.07, 6.45) is 5.39. The van der Waals surface area contributed by atoms with E-state index < -0.39 is 5.82 Å². The molecule has 0 spiro atoms. The molecule has 1 atom stereocenters. The number of aromatic amines is 1. The number of carbonyl (C=O) groups is 2. The van der Waals surface area contributed by atoms with Crippen LogP contribution in [0.15, 0.2) is 48.1 Å². The van der Waals surface area contributed by atoms with Crippen LogP contribution in [0.3, 0.4) is 0 Å². The molecule has 40 heavy (non-hydrogen) atoms. The van der Waals surface area contributed by atoms with Crippen LogP contribution in [0.1, 0.15) is 36.9 Å². The number of aromatic hydroxyl groups is 1. The summed E-state index contributed by atoms with van der Waals surface area (Å²) in [4.78, 5) is 39.3. The lowest BCUT2D eigenvalue weighted by atomic mass is 10.0. The van der Waals surface area contributed by atoms with E-state index >= 15 is 0 Å². The number of aliphatic imine (C=N–C) groups is 1. The van der Waals surface area contributed by atoms with Crippen LogP contribution in [0.25, 0.3) is 11.3 Å². The van der Waals surface area contributed by atoms with Gasteiger partial charge in [0.25, 0.3) is 0 Å². The van der Waals surface area contributed by atoms with Gasteiger partial charge in [-0.05, 0) is 44.0 Å². The van der Waals surface area contributed by atoms with Crippen molar-refractivity contribution >= 4 is 41.3 Å². The molecule has 2 aromatic heterocycles. The third kappa shape index (κ3) is 4.92. The van der Waals surface area contributed by atoms with E-state index in [1.807, 2.05) is 11.8 Å². The Labute approximate surface area is 235 Å². The molecule has 1 saturated carbocycles. The van der Waals surface area contributed by atoms with E-state index in [1.165, 1.54) is 29.2 Å². The van der Waals surface area contributed by atoms with E-state index in [0.29, 0.717) is 43.1 Å². The van der Waals surface area contributed by atoms with Crippen molar-refractivity contribution < 1.29 is 19.1 Å². The van der Waals surface area contributed by atoms with Crippen LogP contribution in [0.4, 0.5) is 15.9 Å². The number of pyridine rings is 1. The molecule has 1 aromatic carbocycles. The van der Waals surface area contributed by atoms with Crippen LogP contribution in [0.5, 0.6) is 5.75 Å². The van der Waals surface area contributed by atoms with Gasteiger partial charge < -0.3 is 14.9 Å². The number of hydrogen-bond acceptors (Lipinski definition) is 6. The number of carbonyl (C=O) groups excluding carboxylic acids is 2. The van der Waals surface area contributed by atoms with E-state index in [0.717, 1.165) is 18.5 Å². The monoisotopic (exact) mass is 565 g/mol. The van der Waals surface area contributed by atoms with Crippen molar-refractivity contribution in [3.05, 3.63) is 65.2 Å². The van der Waals surface area contributed by atoms with Crippen molar-refractivity contribution in [1.82, 2.24) is 25.0 Å². The SMILES string of the molecule is C=CC(=O)N1CCN(C(=NC)c2cc(Cl)c(-c3c(O)cccc3F)nc2N(C=O)c2cn[nH]c2C2CC2)C(C)C1. The minimum atomic E-state index is -0.714. The smallest absolute Gasteiger partial charge is 0.246 e. The first-order chi connectivity index (χ1) is 19.3. The number of piperazine rings is 1. The van der Waals surface area contributed by atoms with Crippen LogP contribution < -0.4 is 4.90 Å². The lowest BCUT2D eigenvalue weighted by molar-refractivity contribution is -0.128. The number of anilines is 2. The number of rotatable bonds is 7. The number of phenolic OH excluding ortho intramolecular Hbond substituents is 1. The van der Waals surface area contributed by atoms with Crippen molar-refractivity contribution in [2.75, 3.05) is 31.6 Å². The first-order valence-electron chi connectivity index (χ1n) is 12.9. The number of benzene rings is 1. The Kier molecular flexibility index (Phi) is 7.57. The molecule has 3 aromatic rings. The molecule has 10 nitrogen and oxygen atoms in total. The number of aromatic nitrogens is 3. The van der Waals surface area contributed by atoms with Gasteiger partial charge in [0, 0.05) is 38.6 Å². The molecule has 208 valence electrons. The minimum absolute atomic E-state index is 0.0239. The number of amidine groups is 1. The van der Waals surface area contributed by atoms with E-state index in [4.69, 9.17) is 16.6 Å². The Balaban J connectivity index is 1.67. The average molecular weight is 566 g/mol. The molecule has 2 amide bonds. The zero-order valence-electron chi connectivity index (χ0n) is 22.1. The summed E-state index contributed by atoms with van der Waals surface area (Å²) in [6.45, 7) is 6.88. The number of phenols is 1. The van der Waals surface area contributed by atoms with E-state index in [1.54, 1.807) is 24.2 Å². The fourth-order valence-corrected chi connectivity index (χ4v) is 5.38. The van der Waals surface area contributed by atoms with Crippen molar-refractivity contribution in [3.63, 3.8) is 0 Å². The summed E-state index contributed by atoms with van der Waals surface area (Å²) in [5.41, 5.74) is 1.54. The van der Waals surface area contributed by atoms with Gasteiger partial charge in [0.2, 0.25) is 12.3 Å². The summed E-state index contributed by atoms with van der Waals surface area (Å²) in [6, 6.07) is 5.35. The Morgan fingerprint density at radius 2 is 2.12 bits per heavy atom. The van der Waals surface area contributed by atoms with E-state index in [9.17, 15) is 19.1 Å². The molecule has 0 radical (unpaired) electrons. The number of halogens is 2. The summed E-state index contributed by atoms with van der Waals surface area (Å²) in [5, 5.41) is 17.7. The van der Waals surface area contributed by atoms with Gasteiger partial charge in [0.15, 0.2) is 5.82 Å². The normalized spacial score (nSPS) is 17.6. The van der Waals surface area contributed by atoms with Crippen LogP contribution in [0, 0.1) is 5.82 Å². The van der Waals surface area contributed by atoms with Crippen molar-refractivity contribution in [2.45, 2.75) is 31.7 Å². The van der Waals surface area contributed by atoms with Crippen molar-refractivity contribution in [1.29, 1.82) is 0 Å². The Morgan fingerprint density at radius 3 is 2.75 bits per heavy atom. The highest BCUT2D eigenvalue weighted by atomic mass is 35.5. The fraction of sp³-hybridized carbons (Fsp3) is 0.321. The highest BCUT2D eigenvalue weighted by Crippen LogP contribution is 2.45. The maximum absolute atomic E-state index is 15.0. The molecular formula is C28H29ClFN7O3. The molecular weight excluding hydrogens is 537 g/mol. The summed E-state index contributed by atoms with van der Waals surface area (Å²) in [5.74, 6) is -0.323. The topological polar surface area (TPSA) is 118 Å². The Morgan fingerprint density at radius 1 is 1.35 bits per heavy atom. The highest BCUT2D eigenvalue weighted by Gasteiger charge is 2.34. The summed E-state index contributed by atoms with van der Waals surface area (Å²) in [7, 11) is 1.62. The second-order valence-corrected chi connectivity index (χ2v) is 10.2. The molecule has 2 N–H and O–H groups in total. The fourth-order valence-electron chi connectivity index (χ4n) is 5.13. The predicted molar refractivity (Wildman–Crippen MR) is 150 cm³/mol. The lowest BCUT2D eigenvalue weighted by Crippen LogP contribution is -2.55. The molecule has 2 aliphatic rings. The molecule has 1 aliphatic heterocycles. The number of hydrogen-bond donors (Lipinski definition) is 2. The Hall–Kier alpha value is -4.25. The number of amides is 2. The molecule has 3 heterocycles. The van der Waals surface area contributed by atoms with Gasteiger partial charge in [-0.25, -0.2) is 9.37 Å². The second-order valence-electron chi connectivity index (χ2n) is 9.82. The predicted octanol–water partition coefficient (Wildman–Crippen LogP) is 4.24. The number of nitrogens with zero attached hydrogens (tertiary/aromatic N) is 6. The van der Waals surface area contributed by atoms with Crippen LogP contribution in [-0.2, 0) is 9.59 Å². The summed E-state index contributed by atoms with van der Waals surface area (Å²) < 4.78 is 15.0. The molecule has 5 rings (SSSR count). The first-order valence-corrected chi connectivity index (χ1v) is 13.3. The maximum Gasteiger partial charge on any atom is 0.246 e. The van der Waals surface area contributed by atoms with Crippen LogP contribution in [-0.4, -0.2) is 81.0 Å². The largest absolute Gasteiger partial charge is 0.507 e. The highest BCUT2D eigenvalue weighted by molar-refractivity contribution is 6.33. The van der Waals surface area contributed by atoms with Crippen LogP contribution in [0.2, 0.25) is 5.02 Å². The molecule has 1 saturated heterocycles. The van der Waals surface area contributed by atoms with Gasteiger partial charge in [-0.3, -0.25) is 24.6 Å². The minimum Gasteiger partial charge on any atom is -0.507 e. The van der Waals surface area contributed by atoms with Crippen molar-refractivity contribution in [3.8, 4) is 17.0 Å². The second kappa shape index (κ2) is 11.1. The van der Waals surface area contributed by atoms with Crippen molar-refractivity contribution in [2.24, 2.45) is 4.99 Å². The van der Waals surface area contributed by atoms with Gasteiger partial charge in [-0.2, -0.15) is 5.10 Å². The maximum atomic E-state index is 15.0. The number of nitrogens with one attached hydrogen (secondary N) is 1. The zero-order valence-corrected chi connectivity index (χ0v) is 22.9. The third-order valence-corrected chi connectivity index (χ3v) is 7.54. The van der Waals surface area contributed by atoms with Gasteiger partial charge in [0.05, 0.1) is 39.4 Å². The number of H-pyrrole nitrogens is 1. The lowest BCUT2D eigenvalue weighted by Gasteiger charge is -2.41. The molecule has 1 unspecified atom stereocenters. The quantitative estimate of drug-likeness (QED) is 0.191. The average Bonchev–Trinajstić information content (AvgIpc) is 3.68. The van der Waals surface area contributed by atoms with E-state index in [-0.39, 0.29) is 45.7 Å². The first kappa shape index (κ1) is 27.3. The zero-order chi connectivity index (χ0) is 28.6. The van der Waals surface area contributed by atoms with Gasteiger partial charge in [-0.15, -0.1) is 0 Å². The van der Waals surface area contributed by atoms with Gasteiger partial charge >= 0.3 is 0 Å². The van der Waals surface area contributed by atoms with Gasteiger partial charge in [-0.1, -0.05) is 24.2 Å². The summed E-state index contributed by atoms with van der Waals surface area (Å²) >= 11 is 6.70. The van der Waals surface area contributed by atoms with E-state index in [2.05, 4.69) is 21.8 Å². The molecule has 2 fully saturated rings. The Bertz CT molecular complexity index is 1480. The van der Waals surface area contributed by atoms with Crippen LogP contribution >= 0.6 is 11.6 Å². The van der Waals surface area contributed by atoms with Gasteiger partial charge in [0.1, 0.15) is 17.4 Å².